The molecule has 5 rings (SSSR count). The molecule has 2 saturated carbocycles. The monoisotopic (exact) mass is 340 g/mol. The van der Waals surface area contributed by atoms with Gasteiger partial charge in [-0.1, -0.05) is 6.42 Å². The molecule has 0 spiro atoms. The quantitative estimate of drug-likeness (QED) is 0.891. The van der Waals surface area contributed by atoms with Gasteiger partial charge in [-0.3, -0.25) is 4.79 Å². The summed E-state index contributed by atoms with van der Waals surface area (Å²) in [5, 5.41) is 3.33. The van der Waals surface area contributed by atoms with E-state index < -0.39 is 0 Å². The molecule has 132 valence electrons. The second-order valence-electron chi connectivity index (χ2n) is 7.85. The number of amides is 1. The lowest BCUT2D eigenvalue weighted by atomic mass is 9.87. The van der Waals surface area contributed by atoms with E-state index >= 15 is 0 Å². The first-order valence-corrected chi connectivity index (χ1v) is 9.47. The lowest BCUT2D eigenvalue weighted by Crippen LogP contribution is -2.47. The van der Waals surface area contributed by atoms with Gasteiger partial charge in [0.05, 0.1) is 6.33 Å². The predicted molar refractivity (Wildman–Crippen MR) is 94.0 cm³/mol. The normalized spacial score (nSPS) is 29.4. The Morgan fingerprint density at radius 2 is 2.00 bits per heavy atom. The number of anilines is 1. The molecule has 3 aliphatic rings. The minimum absolute atomic E-state index is 0.281. The molecule has 2 aliphatic carbocycles. The zero-order valence-electron chi connectivity index (χ0n) is 14.3. The molecular weight excluding hydrogens is 316 g/mol. The van der Waals surface area contributed by atoms with Gasteiger partial charge in [0.1, 0.15) is 11.8 Å². The summed E-state index contributed by atoms with van der Waals surface area (Å²) in [7, 11) is 0. The Bertz CT molecular complexity index is 781. The largest absolute Gasteiger partial charge is 0.355 e. The number of imidazole rings is 1. The lowest BCUT2D eigenvalue weighted by molar-refractivity contribution is -0.127. The fourth-order valence-electron chi connectivity index (χ4n) is 5.10. The van der Waals surface area contributed by atoms with Gasteiger partial charge in [-0.2, -0.15) is 0 Å². The maximum atomic E-state index is 12.6. The summed E-state index contributed by atoms with van der Waals surface area (Å²) in [5.74, 6) is 2.98. The Balaban J connectivity index is 1.20. The first-order chi connectivity index (χ1) is 12.3. The summed E-state index contributed by atoms with van der Waals surface area (Å²) in [6, 6.07) is 0.293. The highest BCUT2D eigenvalue weighted by atomic mass is 16.2. The topological polar surface area (TPSA) is 86.8 Å². The summed E-state index contributed by atoms with van der Waals surface area (Å²) in [6.45, 7) is 1.79. The van der Waals surface area contributed by atoms with E-state index in [4.69, 9.17) is 0 Å². The Hall–Kier alpha value is -2.18. The van der Waals surface area contributed by atoms with Crippen molar-refractivity contribution in [1.29, 1.82) is 0 Å². The van der Waals surface area contributed by atoms with Gasteiger partial charge in [0.25, 0.3) is 0 Å². The Morgan fingerprint density at radius 1 is 1.12 bits per heavy atom. The molecule has 1 saturated heterocycles. The molecule has 7 heteroatoms. The van der Waals surface area contributed by atoms with Crippen molar-refractivity contribution in [2.45, 2.75) is 44.6 Å². The number of nitrogens with one attached hydrogen (secondary N) is 2. The smallest absolute Gasteiger partial charge is 0.223 e. The molecule has 3 atom stereocenters. The summed E-state index contributed by atoms with van der Waals surface area (Å²) >= 11 is 0. The fourth-order valence-corrected chi connectivity index (χ4v) is 5.10. The summed E-state index contributed by atoms with van der Waals surface area (Å²) < 4.78 is 0. The molecule has 2 aromatic rings. The van der Waals surface area contributed by atoms with E-state index in [0.29, 0.717) is 23.5 Å². The molecule has 3 heterocycles. The van der Waals surface area contributed by atoms with Crippen molar-refractivity contribution in [3.8, 4) is 0 Å². The van der Waals surface area contributed by atoms with Gasteiger partial charge in [0.2, 0.25) is 5.91 Å². The van der Waals surface area contributed by atoms with Crippen molar-refractivity contribution in [3.05, 3.63) is 12.7 Å². The van der Waals surface area contributed by atoms with Crippen molar-refractivity contribution < 1.29 is 4.79 Å². The molecule has 0 aromatic carbocycles. The van der Waals surface area contributed by atoms with Crippen LogP contribution in [0.5, 0.6) is 0 Å². The average Bonchev–Trinajstić information content (AvgIpc) is 3.38. The molecule has 7 nitrogen and oxygen atoms in total. The molecular formula is C18H24N6O. The molecule has 0 radical (unpaired) electrons. The fraction of sp³-hybridized carbons (Fsp3) is 0.667. The molecule has 2 aromatic heterocycles. The van der Waals surface area contributed by atoms with Crippen LogP contribution >= 0.6 is 0 Å². The third-order valence-electron chi connectivity index (χ3n) is 6.42. The molecule has 3 fully saturated rings. The minimum Gasteiger partial charge on any atom is -0.355 e. The number of fused-ring (bicyclic) bond motifs is 3. The van der Waals surface area contributed by atoms with Crippen LogP contribution in [0, 0.1) is 17.8 Å². The Morgan fingerprint density at radius 3 is 2.76 bits per heavy atom. The van der Waals surface area contributed by atoms with Gasteiger partial charge in [-0.25, -0.2) is 15.0 Å². The third-order valence-corrected chi connectivity index (χ3v) is 6.42. The molecule has 2 N–H and O–H groups in total. The van der Waals surface area contributed by atoms with Crippen molar-refractivity contribution >= 4 is 22.9 Å². The van der Waals surface area contributed by atoms with Crippen LogP contribution in [-0.4, -0.2) is 45.0 Å². The van der Waals surface area contributed by atoms with Gasteiger partial charge < -0.3 is 15.2 Å². The molecule has 1 aliphatic heterocycles. The highest BCUT2D eigenvalue weighted by Gasteiger charge is 2.43. The average molecular weight is 340 g/mol. The van der Waals surface area contributed by atoms with Crippen LogP contribution in [0.1, 0.15) is 38.5 Å². The Labute approximate surface area is 146 Å². The van der Waals surface area contributed by atoms with E-state index in [1.54, 1.807) is 12.7 Å². The predicted octanol–water partition coefficient (Wildman–Crippen LogP) is 1.87. The van der Waals surface area contributed by atoms with Gasteiger partial charge in [0, 0.05) is 25.0 Å². The first-order valence-electron chi connectivity index (χ1n) is 9.47. The molecule has 25 heavy (non-hydrogen) atoms. The van der Waals surface area contributed by atoms with Gasteiger partial charge in [-0.15, -0.1) is 0 Å². The van der Waals surface area contributed by atoms with Crippen LogP contribution in [0.4, 0.5) is 5.82 Å². The zero-order chi connectivity index (χ0) is 16.8. The van der Waals surface area contributed by atoms with E-state index in [0.717, 1.165) is 49.6 Å². The van der Waals surface area contributed by atoms with Crippen molar-refractivity contribution in [1.82, 2.24) is 25.3 Å². The zero-order valence-corrected chi connectivity index (χ0v) is 14.3. The number of aromatic nitrogens is 4. The summed E-state index contributed by atoms with van der Waals surface area (Å²) in [4.78, 5) is 30.8. The van der Waals surface area contributed by atoms with Crippen molar-refractivity contribution in [3.63, 3.8) is 0 Å². The number of carbonyl (C=O) groups is 1. The highest BCUT2D eigenvalue weighted by Crippen LogP contribution is 2.48. The minimum atomic E-state index is 0.281. The van der Waals surface area contributed by atoms with Crippen molar-refractivity contribution in [2.24, 2.45) is 17.8 Å². The Kier molecular flexibility index (Phi) is 3.60. The maximum Gasteiger partial charge on any atom is 0.223 e. The number of H-pyrrole nitrogens is 1. The van der Waals surface area contributed by atoms with E-state index in [2.05, 4.69) is 30.2 Å². The van der Waals surface area contributed by atoms with E-state index in [-0.39, 0.29) is 5.92 Å². The lowest BCUT2D eigenvalue weighted by Gasteiger charge is -2.34. The number of nitrogens with zero attached hydrogens (tertiary/aromatic N) is 4. The maximum absolute atomic E-state index is 12.6. The van der Waals surface area contributed by atoms with Crippen LogP contribution in [-0.2, 0) is 4.79 Å². The second kappa shape index (κ2) is 5.97. The molecule has 3 unspecified atom stereocenters. The standard InChI is InChI=1S/C18H24N6O/c25-18(14-8-11-1-2-12(14)7-11)23-13-3-5-24(6-4-13)17-15-16(20-9-19-15)21-10-22-17/h9-14H,1-8H2,(H,23,25)(H,19,20,21,22). The van der Waals surface area contributed by atoms with E-state index in [1.807, 2.05) is 0 Å². The number of aromatic amines is 1. The van der Waals surface area contributed by atoms with Crippen molar-refractivity contribution in [2.75, 3.05) is 18.0 Å². The van der Waals surface area contributed by atoms with Crippen LogP contribution in [0.2, 0.25) is 0 Å². The van der Waals surface area contributed by atoms with E-state index in [1.165, 1.54) is 19.3 Å². The summed E-state index contributed by atoms with van der Waals surface area (Å²) in [6.07, 6.45) is 10.2. The van der Waals surface area contributed by atoms with Gasteiger partial charge in [-0.05, 0) is 43.9 Å². The second-order valence-corrected chi connectivity index (χ2v) is 7.85. The number of hydrogen-bond acceptors (Lipinski definition) is 5. The van der Waals surface area contributed by atoms with Crippen LogP contribution in [0.25, 0.3) is 11.2 Å². The summed E-state index contributed by atoms with van der Waals surface area (Å²) in [5.41, 5.74) is 1.60. The van der Waals surface area contributed by atoms with Crippen LogP contribution in [0.3, 0.4) is 0 Å². The first kappa shape index (κ1) is 15.1. The SMILES string of the molecule is O=C(NC1CCN(c2ncnc3nc[nH]c23)CC1)C1CC2CCC1C2. The van der Waals surface area contributed by atoms with Gasteiger partial charge >= 0.3 is 0 Å². The van der Waals surface area contributed by atoms with Crippen LogP contribution < -0.4 is 10.2 Å². The number of piperidine rings is 1. The number of carbonyl (C=O) groups excluding carboxylic acids is 1. The van der Waals surface area contributed by atoms with E-state index in [9.17, 15) is 4.79 Å². The third kappa shape index (κ3) is 2.65. The van der Waals surface area contributed by atoms with Crippen LogP contribution in [0.15, 0.2) is 12.7 Å². The number of hydrogen-bond donors (Lipinski definition) is 2. The highest BCUT2D eigenvalue weighted by molar-refractivity contribution is 5.83. The number of rotatable bonds is 3. The van der Waals surface area contributed by atoms with Gasteiger partial charge in [0.15, 0.2) is 11.5 Å². The molecule has 2 bridgehead atoms. The molecule has 1 amide bonds.